The minimum absolute atomic E-state index is 0.0968. The number of hydrogen-bond acceptors (Lipinski definition) is 3. The molecule has 2 aromatic rings. The van der Waals surface area contributed by atoms with Gasteiger partial charge in [0, 0.05) is 5.69 Å². The van der Waals surface area contributed by atoms with Crippen LogP contribution in [-0.2, 0) is 0 Å². The van der Waals surface area contributed by atoms with Crippen LogP contribution in [0.2, 0.25) is 0 Å². The zero-order valence-electron chi connectivity index (χ0n) is 10.7. The fourth-order valence-corrected chi connectivity index (χ4v) is 1.79. The number of carbonyl (C=O) groups excluding carboxylic acids is 1. The third-order valence-corrected chi connectivity index (χ3v) is 2.85. The van der Waals surface area contributed by atoms with Gasteiger partial charge in [-0.05, 0) is 36.8 Å². The lowest BCUT2D eigenvalue weighted by Crippen LogP contribution is -2.14. The summed E-state index contributed by atoms with van der Waals surface area (Å²) in [5.74, 6) is -2.23. The molecule has 2 aromatic carbocycles. The van der Waals surface area contributed by atoms with Crippen LogP contribution in [0.15, 0.2) is 30.3 Å². The van der Waals surface area contributed by atoms with E-state index in [1.165, 1.54) is 31.2 Å². The van der Waals surface area contributed by atoms with Gasteiger partial charge in [-0.15, -0.1) is 0 Å². The van der Waals surface area contributed by atoms with E-state index in [2.05, 4.69) is 5.32 Å². The van der Waals surface area contributed by atoms with E-state index in [0.717, 1.165) is 6.07 Å². The first-order valence-corrected chi connectivity index (χ1v) is 5.81. The highest BCUT2D eigenvalue weighted by Crippen LogP contribution is 2.28. The van der Waals surface area contributed by atoms with Crippen LogP contribution in [0.3, 0.4) is 0 Å². The first-order valence-electron chi connectivity index (χ1n) is 5.81. The van der Waals surface area contributed by atoms with Crippen LogP contribution in [0.1, 0.15) is 15.9 Å². The van der Waals surface area contributed by atoms with Gasteiger partial charge in [0.25, 0.3) is 5.91 Å². The fraction of sp³-hybridized carbons (Fsp3) is 0.0714. The van der Waals surface area contributed by atoms with Crippen LogP contribution >= 0.6 is 0 Å². The summed E-state index contributed by atoms with van der Waals surface area (Å²) >= 11 is 0. The number of rotatable bonds is 3. The Morgan fingerprint density at radius 2 is 1.90 bits per heavy atom. The maximum Gasteiger partial charge on any atom is 0.250 e. The van der Waals surface area contributed by atoms with Crippen molar-refractivity contribution in [2.45, 2.75) is 6.92 Å². The molecule has 2 rings (SSSR count). The van der Waals surface area contributed by atoms with Crippen molar-refractivity contribution in [2.75, 3.05) is 11.1 Å². The van der Waals surface area contributed by atoms with E-state index >= 15 is 0 Å². The van der Waals surface area contributed by atoms with E-state index in [-0.39, 0.29) is 22.5 Å². The molecule has 4 nitrogen and oxygen atoms in total. The number of hydrogen-bond donors (Lipinski definition) is 3. The number of carbonyl (C=O) groups is 1. The van der Waals surface area contributed by atoms with Crippen LogP contribution in [0.5, 0.6) is 0 Å². The number of anilines is 3. The SMILES string of the molecule is Cc1ccc(F)c(Nc2cc(N)ccc2C(N)=O)c1F. The molecule has 6 heteroatoms. The zero-order valence-corrected chi connectivity index (χ0v) is 10.7. The number of nitrogens with two attached hydrogens (primary N) is 2. The number of amides is 1. The van der Waals surface area contributed by atoms with Gasteiger partial charge >= 0.3 is 0 Å². The van der Waals surface area contributed by atoms with Gasteiger partial charge in [-0.1, -0.05) is 6.07 Å². The number of halogens is 2. The third kappa shape index (κ3) is 2.54. The van der Waals surface area contributed by atoms with Crippen LogP contribution in [0.4, 0.5) is 25.8 Å². The molecule has 0 unspecified atom stereocenters. The molecule has 0 radical (unpaired) electrons. The Labute approximate surface area is 114 Å². The summed E-state index contributed by atoms with van der Waals surface area (Å²) in [6.07, 6.45) is 0. The van der Waals surface area contributed by atoms with Gasteiger partial charge in [0.1, 0.15) is 11.5 Å². The van der Waals surface area contributed by atoms with Gasteiger partial charge in [0.05, 0.1) is 11.3 Å². The van der Waals surface area contributed by atoms with Gasteiger partial charge in [0.15, 0.2) is 5.82 Å². The molecule has 0 atom stereocenters. The summed E-state index contributed by atoms with van der Waals surface area (Å²) in [5, 5.41) is 2.54. The van der Waals surface area contributed by atoms with Crippen molar-refractivity contribution in [1.82, 2.24) is 0 Å². The van der Waals surface area contributed by atoms with Gasteiger partial charge < -0.3 is 16.8 Å². The van der Waals surface area contributed by atoms with Crippen LogP contribution in [0.25, 0.3) is 0 Å². The summed E-state index contributed by atoms with van der Waals surface area (Å²) in [7, 11) is 0. The minimum Gasteiger partial charge on any atom is -0.399 e. The Kier molecular flexibility index (Phi) is 3.56. The highest BCUT2D eigenvalue weighted by Gasteiger charge is 2.15. The van der Waals surface area contributed by atoms with Crippen LogP contribution in [0, 0.1) is 18.6 Å². The number of nitrogens with one attached hydrogen (secondary N) is 1. The first-order chi connectivity index (χ1) is 9.40. The second kappa shape index (κ2) is 5.16. The van der Waals surface area contributed by atoms with E-state index in [9.17, 15) is 13.6 Å². The molecular weight excluding hydrogens is 264 g/mol. The fourth-order valence-electron chi connectivity index (χ4n) is 1.79. The lowest BCUT2D eigenvalue weighted by molar-refractivity contribution is 0.100. The quantitative estimate of drug-likeness (QED) is 0.754. The number of nitrogen functional groups attached to an aromatic ring is 1. The lowest BCUT2D eigenvalue weighted by Gasteiger charge is -2.13. The summed E-state index contributed by atoms with van der Waals surface area (Å²) in [6.45, 7) is 1.51. The van der Waals surface area contributed by atoms with Gasteiger partial charge in [0.2, 0.25) is 0 Å². The molecule has 0 saturated heterocycles. The molecule has 104 valence electrons. The topological polar surface area (TPSA) is 81.1 Å². The molecule has 0 aliphatic carbocycles. The minimum atomic E-state index is -0.772. The summed E-state index contributed by atoms with van der Waals surface area (Å²) < 4.78 is 27.6. The van der Waals surface area contributed by atoms with E-state index in [1.54, 1.807) is 0 Å². The molecule has 5 N–H and O–H groups in total. The number of benzene rings is 2. The Hall–Kier alpha value is -2.63. The van der Waals surface area contributed by atoms with E-state index in [4.69, 9.17) is 11.5 Å². The van der Waals surface area contributed by atoms with Crippen molar-refractivity contribution < 1.29 is 13.6 Å². The van der Waals surface area contributed by atoms with Crippen molar-refractivity contribution in [2.24, 2.45) is 5.73 Å². The molecule has 0 aliphatic rings. The Balaban J connectivity index is 2.53. The van der Waals surface area contributed by atoms with Gasteiger partial charge in [-0.3, -0.25) is 4.79 Å². The van der Waals surface area contributed by atoms with E-state index in [0.29, 0.717) is 5.69 Å². The van der Waals surface area contributed by atoms with Crippen LogP contribution < -0.4 is 16.8 Å². The number of aryl methyl sites for hydroxylation is 1. The maximum absolute atomic E-state index is 13.9. The van der Waals surface area contributed by atoms with Crippen LogP contribution in [-0.4, -0.2) is 5.91 Å². The third-order valence-electron chi connectivity index (χ3n) is 2.85. The molecule has 20 heavy (non-hydrogen) atoms. The van der Waals surface area contributed by atoms with E-state index in [1.807, 2.05) is 0 Å². The van der Waals surface area contributed by atoms with Crippen molar-refractivity contribution in [1.29, 1.82) is 0 Å². The normalized spacial score (nSPS) is 10.3. The van der Waals surface area contributed by atoms with Gasteiger partial charge in [-0.25, -0.2) is 8.78 Å². The summed E-state index contributed by atoms with van der Waals surface area (Å²) in [6, 6.07) is 6.72. The summed E-state index contributed by atoms with van der Waals surface area (Å²) in [5.41, 5.74) is 11.3. The molecule has 0 heterocycles. The monoisotopic (exact) mass is 277 g/mol. The van der Waals surface area contributed by atoms with Crippen molar-refractivity contribution in [3.8, 4) is 0 Å². The van der Waals surface area contributed by atoms with Gasteiger partial charge in [-0.2, -0.15) is 0 Å². The Morgan fingerprint density at radius 1 is 1.20 bits per heavy atom. The molecule has 0 aliphatic heterocycles. The number of primary amides is 1. The Morgan fingerprint density at radius 3 is 2.55 bits per heavy atom. The predicted molar refractivity (Wildman–Crippen MR) is 73.8 cm³/mol. The largest absolute Gasteiger partial charge is 0.399 e. The average Bonchev–Trinajstić information content (AvgIpc) is 2.39. The zero-order chi connectivity index (χ0) is 14.9. The molecular formula is C14H13F2N3O. The molecule has 0 bridgehead atoms. The van der Waals surface area contributed by atoms with E-state index < -0.39 is 17.5 Å². The van der Waals surface area contributed by atoms with Crippen molar-refractivity contribution >= 4 is 23.0 Å². The second-order valence-corrected chi connectivity index (χ2v) is 4.35. The average molecular weight is 277 g/mol. The molecule has 0 spiro atoms. The first kappa shape index (κ1) is 13.8. The maximum atomic E-state index is 13.9. The highest BCUT2D eigenvalue weighted by molar-refractivity contribution is 5.99. The molecule has 0 fully saturated rings. The molecule has 0 aromatic heterocycles. The second-order valence-electron chi connectivity index (χ2n) is 4.35. The molecule has 1 amide bonds. The summed E-state index contributed by atoms with van der Waals surface area (Å²) in [4.78, 5) is 11.3. The van der Waals surface area contributed by atoms with Crippen molar-refractivity contribution in [3.63, 3.8) is 0 Å². The standard InChI is InChI=1S/C14H13F2N3O/c1-7-2-5-10(15)13(12(7)16)19-11-6-8(17)3-4-9(11)14(18)20/h2-6,19H,17H2,1H3,(H2,18,20). The highest BCUT2D eigenvalue weighted by atomic mass is 19.1. The Bertz CT molecular complexity index is 686. The predicted octanol–water partition coefficient (Wildman–Crippen LogP) is 2.70. The molecule has 0 saturated carbocycles. The van der Waals surface area contributed by atoms with Crippen molar-refractivity contribution in [3.05, 3.63) is 53.1 Å². The smallest absolute Gasteiger partial charge is 0.250 e. The lowest BCUT2D eigenvalue weighted by atomic mass is 10.1.